The lowest BCUT2D eigenvalue weighted by Gasteiger charge is -2.24. The first-order valence-corrected chi connectivity index (χ1v) is 9.19. The van der Waals surface area contributed by atoms with Gasteiger partial charge in [0.25, 0.3) is 0 Å². The molecule has 1 atom stereocenters. The first kappa shape index (κ1) is 17.4. The van der Waals surface area contributed by atoms with Gasteiger partial charge in [-0.05, 0) is 26.1 Å². The summed E-state index contributed by atoms with van der Waals surface area (Å²) in [6.07, 6.45) is 8.25. The van der Waals surface area contributed by atoms with E-state index in [2.05, 4.69) is 75.8 Å². The van der Waals surface area contributed by atoms with Gasteiger partial charge in [0, 0.05) is 49.4 Å². The third-order valence-corrected chi connectivity index (χ3v) is 4.95. The smallest absolute Gasteiger partial charge is 0.137 e. The van der Waals surface area contributed by atoms with Crippen molar-refractivity contribution in [2.45, 2.75) is 25.9 Å². The molecule has 0 saturated heterocycles. The van der Waals surface area contributed by atoms with Gasteiger partial charge in [0.1, 0.15) is 5.65 Å². The predicted molar refractivity (Wildman–Crippen MR) is 107 cm³/mol. The zero-order chi connectivity index (χ0) is 18.6. The van der Waals surface area contributed by atoms with Crippen molar-refractivity contribution in [3.63, 3.8) is 0 Å². The molecule has 0 N–H and O–H groups in total. The highest BCUT2D eigenvalue weighted by Crippen LogP contribution is 2.26. The number of benzene rings is 1. The van der Waals surface area contributed by atoms with Crippen molar-refractivity contribution in [3.05, 3.63) is 84.7 Å². The minimum atomic E-state index is 0.333. The van der Waals surface area contributed by atoms with Gasteiger partial charge in [0.05, 0.1) is 17.1 Å². The molecular weight excluding hydrogens is 334 g/mol. The van der Waals surface area contributed by atoms with Crippen molar-refractivity contribution >= 4 is 5.65 Å². The van der Waals surface area contributed by atoms with E-state index in [1.165, 1.54) is 5.69 Å². The summed E-state index contributed by atoms with van der Waals surface area (Å²) in [7, 11) is 2.15. The molecule has 4 aromatic rings. The lowest BCUT2D eigenvalue weighted by Crippen LogP contribution is -2.31. The van der Waals surface area contributed by atoms with Crippen molar-refractivity contribution in [1.29, 1.82) is 0 Å². The number of rotatable bonds is 6. The minimum Gasteiger partial charge on any atom is -0.302 e. The van der Waals surface area contributed by atoms with E-state index in [1.807, 2.05) is 18.3 Å². The summed E-state index contributed by atoms with van der Waals surface area (Å²) in [6, 6.07) is 16.9. The number of nitrogens with zero attached hydrogens (tertiary/aromatic N) is 5. The predicted octanol–water partition coefficient (Wildman–Crippen LogP) is 3.85. The number of aromatic nitrogens is 4. The second-order valence-electron chi connectivity index (χ2n) is 6.87. The van der Waals surface area contributed by atoms with Crippen LogP contribution in [0.25, 0.3) is 16.9 Å². The van der Waals surface area contributed by atoms with Crippen molar-refractivity contribution in [2.75, 3.05) is 7.05 Å². The number of pyridine rings is 1. The quantitative estimate of drug-likeness (QED) is 0.526. The summed E-state index contributed by atoms with van der Waals surface area (Å²) in [5.74, 6) is 0. The zero-order valence-corrected chi connectivity index (χ0v) is 15.7. The van der Waals surface area contributed by atoms with E-state index >= 15 is 0 Å². The largest absolute Gasteiger partial charge is 0.302 e. The fraction of sp³-hybridized carbons (Fsp3) is 0.227. The highest BCUT2D eigenvalue weighted by atomic mass is 15.2. The molecule has 5 nitrogen and oxygen atoms in total. The maximum atomic E-state index is 4.89. The Bertz CT molecular complexity index is 1010. The van der Waals surface area contributed by atoms with Gasteiger partial charge in [-0.3, -0.25) is 14.9 Å². The Morgan fingerprint density at radius 2 is 1.85 bits per heavy atom. The molecule has 3 heterocycles. The molecule has 0 fully saturated rings. The lowest BCUT2D eigenvalue weighted by atomic mass is 10.1. The number of imidazole rings is 1. The maximum Gasteiger partial charge on any atom is 0.137 e. The first-order valence-electron chi connectivity index (χ1n) is 9.19. The fourth-order valence-electron chi connectivity index (χ4n) is 3.31. The Labute approximate surface area is 159 Å². The van der Waals surface area contributed by atoms with E-state index in [-0.39, 0.29) is 0 Å². The number of likely N-dealkylation sites (N-methyl/N-ethyl adjacent to an activating group) is 1. The monoisotopic (exact) mass is 357 g/mol. The van der Waals surface area contributed by atoms with Crippen LogP contribution < -0.4 is 0 Å². The summed E-state index contributed by atoms with van der Waals surface area (Å²) < 4.78 is 2.19. The second-order valence-corrected chi connectivity index (χ2v) is 6.87. The summed E-state index contributed by atoms with van der Waals surface area (Å²) in [5.41, 5.74) is 5.37. The van der Waals surface area contributed by atoms with Crippen LogP contribution in [-0.2, 0) is 13.0 Å². The van der Waals surface area contributed by atoms with Crippen LogP contribution in [0.1, 0.15) is 18.3 Å². The molecule has 4 rings (SSSR count). The van der Waals surface area contributed by atoms with Crippen LogP contribution >= 0.6 is 0 Å². The van der Waals surface area contributed by atoms with E-state index in [9.17, 15) is 0 Å². The highest BCUT2D eigenvalue weighted by molar-refractivity contribution is 5.66. The minimum absolute atomic E-state index is 0.333. The first-order chi connectivity index (χ1) is 13.2. The van der Waals surface area contributed by atoms with Crippen molar-refractivity contribution in [3.8, 4) is 11.3 Å². The molecule has 0 aliphatic rings. The van der Waals surface area contributed by atoms with Gasteiger partial charge in [-0.25, -0.2) is 4.98 Å². The molecule has 0 aliphatic heterocycles. The van der Waals surface area contributed by atoms with Crippen LogP contribution in [0.2, 0.25) is 0 Å². The fourth-order valence-corrected chi connectivity index (χ4v) is 3.31. The Morgan fingerprint density at radius 3 is 2.63 bits per heavy atom. The maximum absolute atomic E-state index is 4.89. The molecule has 136 valence electrons. The number of fused-ring (bicyclic) bond motifs is 1. The molecule has 0 radical (unpaired) electrons. The van der Waals surface area contributed by atoms with Crippen molar-refractivity contribution in [1.82, 2.24) is 24.3 Å². The van der Waals surface area contributed by atoms with E-state index in [1.54, 1.807) is 12.4 Å². The summed E-state index contributed by atoms with van der Waals surface area (Å²) in [4.78, 5) is 15.8. The van der Waals surface area contributed by atoms with E-state index in [4.69, 9.17) is 4.98 Å². The van der Waals surface area contributed by atoms with Crippen molar-refractivity contribution in [2.24, 2.45) is 0 Å². The molecule has 3 aromatic heterocycles. The molecule has 0 saturated carbocycles. The lowest BCUT2D eigenvalue weighted by molar-refractivity contribution is 0.243. The van der Waals surface area contributed by atoms with Crippen LogP contribution in [-0.4, -0.2) is 37.3 Å². The molecular formula is C22H23N5. The third-order valence-electron chi connectivity index (χ3n) is 4.95. The number of hydrogen-bond acceptors (Lipinski definition) is 4. The molecule has 0 amide bonds. The highest BCUT2D eigenvalue weighted by Gasteiger charge is 2.18. The second kappa shape index (κ2) is 7.68. The molecule has 1 aromatic carbocycles. The Hall–Kier alpha value is -3.05. The van der Waals surface area contributed by atoms with Crippen LogP contribution in [0, 0.1) is 0 Å². The van der Waals surface area contributed by atoms with Gasteiger partial charge in [-0.15, -0.1) is 0 Å². The van der Waals surface area contributed by atoms with Crippen LogP contribution in [0.5, 0.6) is 0 Å². The molecule has 27 heavy (non-hydrogen) atoms. The van der Waals surface area contributed by atoms with Gasteiger partial charge >= 0.3 is 0 Å². The normalized spacial score (nSPS) is 12.6. The van der Waals surface area contributed by atoms with Crippen molar-refractivity contribution < 1.29 is 0 Å². The molecule has 5 heteroatoms. The van der Waals surface area contributed by atoms with Crippen LogP contribution in [0.4, 0.5) is 0 Å². The Kier molecular flexibility index (Phi) is 4.94. The van der Waals surface area contributed by atoms with E-state index in [0.29, 0.717) is 6.04 Å². The topological polar surface area (TPSA) is 46.3 Å². The molecule has 0 spiro atoms. The molecule has 0 bridgehead atoms. The van der Waals surface area contributed by atoms with E-state index < -0.39 is 0 Å². The Balaban J connectivity index is 1.64. The SMILES string of the molecule is C[C@@H](Cc1cnccn1)N(C)Cc1c(-c2ccccc2)nc2ccccn12. The van der Waals surface area contributed by atoms with Gasteiger partial charge in [-0.2, -0.15) is 0 Å². The van der Waals surface area contributed by atoms with E-state index in [0.717, 1.165) is 35.6 Å². The summed E-state index contributed by atoms with van der Waals surface area (Å²) in [5, 5.41) is 0. The van der Waals surface area contributed by atoms with Gasteiger partial charge in [0.2, 0.25) is 0 Å². The van der Waals surface area contributed by atoms with Gasteiger partial charge in [-0.1, -0.05) is 36.4 Å². The van der Waals surface area contributed by atoms with Crippen LogP contribution in [0.3, 0.4) is 0 Å². The number of hydrogen-bond donors (Lipinski definition) is 0. The zero-order valence-electron chi connectivity index (χ0n) is 15.7. The summed E-state index contributed by atoms with van der Waals surface area (Å²) >= 11 is 0. The van der Waals surface area contributed by atoms with Crippen LogP contribution in [0.15, 0.2) is 73.3 Å². The summed E-state index contributed by atoms with van der Waals surface area (Å²) in [6.45, 7) is 3.02. The third kappa shape index (κ3) is 3.73. The molecule has 0 aliphatic carbocycles. The average molecular weight is 357 g/mol. The van der Waals surface area contributed by atoms with Gasteiger partial charge < -0.3 is 4.40 Å². The standard InChI is InChI=1S/C22H23N5/c1-17(14-19-15-23-11-12-24-19)26(2)16-20-22(18-8-4-3-5-9-18)25-21-10-6-7-13-27(20)21/h3-13,15,17H,14,16H2,1-2H3/t17-/m0/s1. The average Bonchev–Trinajstić information content (AvgIpc) is 3.08. The Morgan fingerprint density at radius 1 is 1.04 bits per heavy atom. The van der Waals surface area contributed by atoms with Gasteiger partial charge in [0.15, 0.2) is 0 Å². The molecule has 0 unspecified atom stereocenters.